The van der Waals surface area contributed by atoms with E-state index in [2.05, 4.69) is 54.1 Å². The second-order valence-electron chi connectivity index (χ2n) is 8.21. The lowest BCUT2D eigenvalue weighted by molar-refractivity contribution is 0.319. The zero-order chi connectivity index (χ0) is 22.4. The number of fused-ring (bicyclic) bond motifs is 1. The van der Waals surface area contributed by atoms with Gasteiger partial charge in [0, 0.05) is 36.4 Å². The Labute approximate surface area is 197 Å². The molecule has 0 unspecified atom stereocenters. The Morgan fingerprint density at radius 3 is 2.77 bits per heavy atom. The molecule has 0 bridgehead atoms. The Bertz CT molecular complexity index is 904. The molecule has 1 heterocycles. The number of halogens is 1. The zero-order valence-electron chi connectivity index (χ0n) is 19.1. The van der Waals surface area contributed by atoms with E-state index in [9.17, 15) is 0 Å². The van der Waals surface area contributed by atoms with E-state index in [0.717, 1.165) is 43.9 Å². The average Bonchev–Trinajstić information content (AvgIpc) is 2.77. The molecule has 31 heavy (non-hydrogen) atoms. The van der Waals surface area contributed by atoms with Gasteiger partial charge in [-0.2, -0.15) is 0 Å². The molecule has 1 atom stereocenters. The lowest BCUT2D eigenvalue weighted by Gasteiger charge is -2.34. The maximum atomic E-state index is 6.20. The molecule has 0 spiro atoms. The van der Waals surface area contributed by atoms with Gasteiger partial charge < -0.3 is 19.9 Å². The Kier molecular flexibility index (Phi) is 8.44. The molecule has 0 aliphatic carbocycles. The first-order valence-corrected chi connectivity index (χ1v) is 12.0. The minimum Gasteiger partial charge on any atom is -0.495 e. The summed E-state index contributed by atoms with van der Waals surface area (Å²) >= 11 is 12.0. The minimum atomic E-state index is 0.304. The Hall–Kier alpha value is -1.98. The van der Waals surface area contributed by atoms with E-state index < -0.39 is 0 Å². The van der Waals surface area contributed by atoms with E-state index in [4.69, 9.17) is 28.6 Å². The van der Waals surface area contributed by atoms with E-state index in [1.54, 1.807) is 7.11 Å². The number of nitrogens with zero attached hydrogens (tertiary/aromatic N) is 2. The predicted molar refractivity (Wildman–Crippen MR) is 137 cm³/mol. The maximum absolute atomic E-state index is 6.20. The fourth-order valence-corrected chi connectivity index (χ4v) is 4.67. The van der Waals surface area contributed by atoms with E-state index in [1.165, 1.54) is 29.7 Å². The fourth-order valence-electron chi connectivity index (χ4n) is 4.14. The number of methoxy groups -OCH3 is 1. The number of aryl methyl sites for hydroxylation is 1. The number of rotatable bonds is 8. The van der Waals surface area contributed by atoms with Crippen LogP contribution in [0, 0.1) is 0 Å². The van der Waals surface area contributed by atoms with Crippen LogP contribution < -0.4 is 15.0 Å². The van der Waals surface area contributed by atoms with Crippen molar-refractivity contribution in [1.82, 2.24) is 4.90 Å². The monoisotopic (exact) mass is 459 g/mol. The fraction of sp³-hybridized carbons (Fsp3) is 0.480. The third-order valence-corrected chi connectivity index (χ3v) is 6.56. The first-order chi connectivity index (χ1) is 15.0. The molecule has 2 aromatic rings. The van der Waals surface area contributed by atoms with Crippen LogP contribution in [0.4, 0.5) is 11.4 Å². The normalized spacial score (nSPS) is 14.0. The SMILES string of the molecule is CCCN1CCCc2cc(CN(C(=S)Nc3cc(Cl)ccc3OC)[C@H](C)CC)ccc21. The number of benzene rings is 2. The van der Waals surface area contributed by atoms with Crippen LogP contribution in [0.15, 0.2) is 36.4 Å². The Morgan fingerprint density at radius 1 is 1.26 bits per heavy atom. The van der Waals surface area contributed by atoms with Crippen LogP contribution in [0.25, 0.3) is 0 Å². The quantitative estimate of drug-likeness (QED) is 0.454. The van der Waals surface area contributed by atoms with Gasteiger partial charge in [-0.3, -0.25) is 0 Å². The third-order valence-electron chi connectivity index (χ3n) is 5.99. The smallest absolute Gasteiger partial charge is 0.174 e. The topological polar surface area (TPSA) is 27.7 Å². The van der Waals surface area contributed by atoms with Crippen LogP contribution in [-0.4, -0.2) is 36.3 Å². The van der Waals surface area contributed by atoms with Crippen LogP contribution in [0.3, 0.4) is 0 Å². The van der Waals surface area contributed by atoms with Gasteiger partial charge in [-0.05, 0) is 80.2 Å². The van der Waals surface area contributed by atoms with Crippen molar-refractivity contribution in [3.8, 4) is 5.75 Å². The lowest BCUT2D eigenvalue weighted by atomic mass is 9.98. The summed E-state index contributed by atoms with van der Waals surface area (Å²) in [6.45, 7) is 9.70. The summed E-state index contributed by atoms with van der Waals surface area (Å²) in [5.41, 5.74) is 4.93. The van der Waals surface area contributed by atoms with E-state index in [0.29, 0.717) is 16.2 Å². The summed E-state index contributed by atoms with van der Waals surface area (Å²) in [4.78, 5) is 4.77. The van der Waals surface area contributed by atoms with Gasteiger partial charge in [-0.15, -0.1) is 0 Å². The highest BCUT2D eigenvalue weighted by molar-refractivity contribution is 7.80. The van der Waals surface area contributed by atoms with Crippen molar-refractivity contribution in [3.63, 3.8) is 0 Å². The van der Waals surface area contributed by atoms with Gasteiger partial charge in [-0.1, -0.05) is 37.6 Å². The van der Waals surface area contributed by atoms with Crippen LogP contribution in [0.5, 0.6) is 5.75 Å². The van der Waals surface area contributed by atoms with Crippen molar-refractivity contribution in [2.24, 2.45) is 0 Å². The molecule has 2 aromatic carbocycles. The lowest BCUT2D eigenvalue weighted by Crippen LogP contribution is -2.40. The van der Waals surface area contributed by atoms with Crippen molar-refractivity contribution in [2.45, 2.75) is 59.0 Å². The molecular weight excluding hydrogens is 426 g/mol. The van der Waals surface area contributed by atoms with Crippen LogP contribution in [0.2, 0.25) is 5.02 Å². The molecule has 6 heteroatoms. The number of ether oxygens (including phenoxy) is 1. The number of nitrogens with one attached hydrogen (secondary N) is 1. The van der Waals surface area contributed by atoms with Gasteiger partial charge in [0.2, 0.25) is 0 Å². The van der Waals surface area contributed by atoms with Gasteiger partial charge in [0.25, 0.3) is 0 Å². The molecular formula is C25H34ClN3OS. The second-order valence-corrected chi connectivity index (χ2v) is 9.04. The molecule has 1 aliphatic rings. The number of anilines is 2. The van der Waals surface area contributed by atoms with Crippen LogP contribution >= 0.6 is 23.8 Å². The molecule has 0 fully saturated rings. The zero-order valence-corrected chi connectivity index (χ0v) is 20.7. The summed E-state index contributed by atoms with van der Waals surface area (Å²) in [5, 5.41) is 4.69. The summed E-state index contributed by atoms with van der Waals surface area (Å²) in [6.07, 6.45) is 4.55. The third kappa shape index (κ3) is 5.83. The van der Waals surface area contributed by atoms with E-state index in [-0.39, 0.29) is 0 Å². The Balaban J connectivity index is 1.81. The average molecular weight is 460 g/mol. The summed E-state index contributed by atoms with van der Waals surface area (Å²) < 4.78 is 5.47. The molecule has 0 saturated heterocycles. The summed E-state index contributed by atoms with van der Waals surface area (Å²) in [5.74, 6) is 0.723. The molecule has 0 saturated carbocycles. The van der Waals surface area contributed by atoms with Crippen LogP contribution in [0.1, 0.15) is 51.2 Å². The van der Waals surface area contributed by atoms with Crippen molar-refractivity contribution in [1.29, 1.82) is 0 Å². The molecule has 0 radical (unpaired) electrons. The van der Waals surface area contributed by atoms with E-state index in [1.807, 2.05) is 18.2 Å². The highest BCUT2D eigenvalue weighted by Gasteiger charge is 2.20. The van der Waals surface area contributed by atoms with Gasteiger partial charge in [0.05, 0.1) is 12.8 Å². The molecule has 0 amide bonds. The molecule has 0 aromatic heterocycles. The predicted octanol–water partition coefficient (Wildman–Crippen LogP) is 6.51. The molecule has 1 N–H and O–H groups in total. The molecule has 168 valence electrons. The highest BCUT2D eigenvalue weighted by atomic mass is 35.5. The van der Waals surface area contributed by atoms with Gasteiger partial charge in [0.15, 0.2) is 5.11 Å². The minimum absolute atomic E-state index is 0.304. The van der Waals surface area contributed by atoms with Gasteiger partial charge in [0.1, 0.15) is 5.75 Å². The highest BCUT2D eigenvalue weighted by Crippen LogP contribution is 2.30. The van der Waals surface area contributed by atoms with Gasteiger partial charge >= 0.3 is 0 Å². The number of thiocarbonyl (C=S) groups is 1. The van der Waals surface area contributed by atoms with Crippen molar-refractivity contribution in [2.75, 3.05) is 30.4 Å². The number of hydrogen-bond donors (Lipinski definition) is 1. The van der Waals surface area contributed by atoms with Crippen molar-refractivity contribution < 1.29 is 4.74 Å². The molecule has 3 rings (SSSR count). The first-order valence-electron chi connectivity index (χ1n) is 11.2. The number of hydrogen-bond acceptors (Lipinski definition) is 3. The van der Waals surface area contributed by atoms with Crippen molar-refractivity contribution in [3.05, 3.63) is 52.5 Å². The second kappa shape index (κ2) is 11.1. The molecule has 1 aliphatic heterocycles. The largest absolute Gasteiger partial charge is 0.495 e. The summed E-state index contributed by atoms with van der Waals surface area (Å²) in [6, 6.07) is 12.7. The Morgan fingerprint density at radius 2 is 2.06 bits per heavy atom. The van der Waals surface area contributed by atoms with Crippen LogP contribution in [-0.2, 0) is 13.0 Å². The maximum Gasteiger partial charge on any atom is 0.174 e. The van der Waals surface area contributed by atoms with Crippen molar-refractivity contribution >= 4 is 40.3 Å². The van der Waals surface area contributed by atoms with Gasteiger partial charge in [-0.25, -0.2) is 0 Å². The van der Waals surface area contributed by atoms with E-state index >= 15 is 0 Å². The standard InChI is InChI=1S/C25H34ClN3OS/c1-5-13-28-14-7-8-20-15-19(9-11-23(20)28)17-29(18(3)6-2)25(31)27-22-16-21(26)10-12-24(22)30-4/h9-12,15-16,18H,5-8,13-14,17H2,1-4H3,(H,27,31)/t18-/m1/s1. The summed E-state index contributed by atoms with van der Waals surface area (Å²) in [7, 11) is 1.65. The first kappa shape index (κ1) is 23.7. The molecule has 4 nitrogen and oxygen atoms in total.